The second kappa shape index (κ2) is 7.25. The number of anilines is 1. The first-order valence-electron chi connectivity index (χ1n) is 6.93. The number of amides is 1. The summed E-state index contributed by atoms with van der Waals surface area (Å²) in [5.41, 5.74) is 1.86. The van der Waals surface area contributed by atoms with Gasteiger partial charge in [0, 0.05) is 16.8 Å². The molecule has 0 fully saturated rings. The van der Waals surface area contributed by atoms with Crippen molar-refractivity contribution >= 4 is 23.2 Å². The Morgan fingerprint density at radius 2 is 1.76 bits per heavy atom. The molecule has 0 spiro atoms. The summed E-state index contributed by atoms with van der Waals surface area (Å²) in [5, 5.41) is 6.85. The first-order valence-corrected chi connectivity index (χ1v) is 7.31. The van der Waals surface area contributed by atoms with Gasteiger partial charge in [-0.15, -0.1) is 0 Å². The van der Waals surface area contributed by atoms with E-state index >= 15 is 0 Å². The van der Waals surface area contributed by atoms with E-state index in [4.69, 9.17) is 11.6 Å². The summed E-state index contributed by atoms with van der Waals surface area (Å²) in [5.74, 6) is -0.0601. The third-order valence-electron chi connectivity index (χ3n) is 3.28. The number of hydrogen-bond donors (Lipinski definition) is 2. The van der Waals surface area contributed by atoms with Crippen LogP contribution < -0.4 is 10.6 Å². The number of benzene rings is 2. The summed E-state index contributed by atoms with van der Waals surface area (Å²) >= 11 is 5.99. The van der Waals surface area contributed by atoms with Gasteiger partial charge >= 0.3 is 0 Å². The largest absolute Gasteiger partial charge is 0.325 e. The van der Waals surface area contributed by atoms with Crippen LogP contribution in [0.3, 0.4) is 0 Å². The molecule has 0 aliphatic heterocycles. The molecule has 0 aromatic heterocycles. The quantitative estimate of drug-likeness (QED) is 0.876. The summed E-state index contributed by atoms with van der Waals surface area (Å²) in [6.07, 6.45) is 0. The maximum atomic E-state index is 12.1. The van der Waals surface area contributed by atoms with Gasteiger partial charge in [-0.1, -0.05) is 41.9 Å². The van der Waals surface area contributed by atoms with E-state index in [9.17, 15) is 4.79 Å². The van der Waals surface area contributed by atoms with Gasteiger partial charge in [0.2, 0.25) is 5.91 Å². The molecule has 3 nitrogen and oxygen atoms in total. The number of para-hydroxylation sites is 1. The topological polar surface area (TPSA) is 41.1 Å². The molecule has 2 atom stereocenters. The zero-order chi connectivity index (χ0) is 15.2. The van der Waals surface area contributed by atoms with Crippen molar-refractivity contribution in [1.29, 1.82) is 0 Å². The lowest BCUT2D eigenvalue weighted by molar-refractivity contribution is -0.117. The van der Waals surface area contributed by atoms with E-state index in [1.54, 1.807) is 0 Å². The van der Waals surface area contributed by atoms with Crippen molar-refractivity contribution < 1.29 is 4.79 Å². The Hall–Kier alpha value is -1.84. The number of hydrogen-bond acceptors (Lipinski definition) is 2. The maximum absolute atomic E-state index is 12.1. The first-order chi connectivity index (χ1) is 10.1. The van der Waals surface area contributed by atoms with E-state index in [0.29, 0.717) is 5.02 Å². The third-order valence-corrected chi connectivity index (χ3v) is 3.52. The molecule has 0 saturated carbocycles. The van der Waals surface area contributed by atoms with Gasteiger partial charge in [-0.05, 0) is 43.7 Å². The van der Waals surface area contributed by atoms with Crippen molar-refractivity contribution in [2.75, 3.05) is 5.32 Å². The Kier molecular flexibility index (Phi) is 5.37. The van der Waals surface area contributed by atoms with Crippen LogP contribution in [-0.4, -0.2) is 11.9 Å². The number of carbonyl (C=O) groups excluding carboxylic acids is 1. The third kappa shape index (κ3) is 4.59. The Balaban J connectivity index is 1.94. The second-order valence-corrected chi connectivity index (χ2v) is 5.46. The molecular weight excluding hydrogens is 284 g/mol. The van der Waals surface area contributed by atoms with Crippen molar-refractivity contribution in [3.05, 3.63) is 65.2 Å². The zero-order valence-electron chi connectivity index (χ0n) is 12.1. The van der Waals surface area contributed by atoms with Crippen molar-refractivity contribution in [3.8, 4) is 0 Å². The molecule has 21 heavy (non-hydrogen) atoms. The minimum Gasteiger partial charge on any atom is -0.325 e. The van der Waals surface area contributed by atoms with E-state index in [0.717, 1.165) is 11.3 Å². The molecule has 0 saturated heterocycles. The van der Waals surface area contributed by atoms with Gasteiger partial charge in [0.05, 0.1) is 6.04 Å². The summed E-state index contributed by atoms with van der Waals surface area (Å²) < 4.78 is 0. The fourth-order valence-corrected chi connectivity index (χ4v) is 2.29. The average molecular weight is 303 g/mol. The van der Waals surface area contributed by atoms with Crippen LogP contribution in [0.2, 0.25) is 5.02 Å². The Morgan fingerprint density at radius 3 is 2.43 bits per heavy atom. The molecule has 2 N–H and O–H groups in total. The lowest BCUT2D eigenvalue weighted by Gasteiger charge is -2.20. The fourth-order valence-electron chi connectivity index (χ4n) is 2.09. The van der Waals surface area contributed by atoms with Gasteiger partial charge < -0.3 is 5.32 Å². The minimum absolute atomic E-state index is 0.0419. The van der Waals surface area contributed by atoms with Gasteiger partial charge in [0.15, 0.2) is 0 Å². The lowest BCUT2D eigenvalue weighted by Crippen LogP contribution is -2.39. The van der Waals surface area contributed by atoms with E-state index in [1.807, 2.05) is 68.4 Å². The molecule has 0 aliphatic rings. The molecule has 4 heteroatoms. The minimum atomic E-state index is -0.306. The molecular formula is C17H19ClN2O. The SMILES string of the molecule is C[C@@H](N[C@H](C)c1cccc(Cl)c1)C(=O)Nc1ccccc1. The van der Waals surface area contributed by atoms with Crippen LogP contribution in [0.15, 0.2) is 54.6 Å². The van der Waals surface area contributed by atoms with Gasteiger partial charge in [-0.25, -0.2) is 0 Å². The first kappa shape index (κ1) is 15.5. The number of halogens is 1. The summed E-state index contributed by atoms with van der Waals surface area (Å²) in [7, 11) is 0. The van der Waals surface area contributed by atoms with Crippen molar-refractivity contribution in [2.24, 2.45) is 0 Å². The molecule has 0 unspecified atom stereocenters. The Bertz CT molecular complexity index is 601. The highest BCUT2D eigenvalue weighted by atomic mass is 35.5. The molecule has 2 aromatic carbocycles. The smallest absolute Gasteiger partial charge is 0.241 e. The Labute approximate surface area is 130 Å². The standard InChI is InChI=1S/C17H19ClN2O/c1-12(14-7-6-8-15(18)11-14)19-13(2)17(21)20-16-9-4-3-5-10-16/h3-13,19H,1-2H3,(H,20,21)/t12-,13-/m1/s1. The summed E-state index contributed by atoms with van der Waals surface area (Å²) in [6.45, 7) is 3.86. The molecule has 1 amide bonds. The van der Waals surface area contributed by atoms with Crippen LogP contribution in [0.5, 0.6) is 0 Å². The molecule has 2 rings (SSSR count). The van der Waals surface area contributed by atoms with E-state index in [-0.39, 0.29) is 18.0 Å². The molecule has 0 radical (unpaired) electrons. The second-order valence-electron chi connectivity index (χ2n) is 5.02. The summed E-state index contributed by atoms with van der Waals surface area (Å²) in [6, 6.07) is 16.8. The average Bonchev–Trinajstić information content (AvgIpc) is 2.48. The van der Waals surface area contributed by atoms with Crippen LogP contribution in [0.25, 0.3) is 0 Å². The lowest BCUT2D eigenvalue weighted by atomic mass is 10.1. The van der Waals surface area contributed by atoms with Crippen LogP contribution >= 0.6 is 11.6 Å². The van der Waals surface area contributed by atoms with Crippen LogP contribution in [0, 0.1) is 0 Å². The maximum Gasteiger partial charge on any atom is 0.241 e. The predicted molar refractivity (Wildman–Crippen MR) is 87.5 cm³/mol. The summed E-state index contributed by atoms with van der Waals surface area (Å²) in [4.78, 5) is 12.1. The number of nitrogens with one attached hydrogen (secondary N) is 2. The Morgan fingerprint density at radius 1 is 1.05 bits per heavy atom. The van der Waals surface area contributed by atoms with E-state index in [2.05, 4.69) is 10.6 Å². The van der Waals surface area contributed by atoms with Gasteiger partial charge in [-0.2, -0.15) is 0 Å². The normalized spacial score (nSPS) is 13.5. The van der Waals surface area contributed by atoms with Crippen molar-refractivity contribution in [3.63, 3.8) is 0 Å². The highest BCUT2D eigenvalue weighted by Crippen LogP contribution is 2.18. The van der Waals surface area contributed by atoms with E-state index < -0.39 is 0 Å². The highest BCUT2D eigenvalue weighted by Gasteiger charge is 2.16. The van der Waals surface area contributed by atoms with Crippen molar-refractivity contribution in [2.45, 2.75) is 25.9 Å². The van der Waals surface area contributed by atoms with Crippen LogP contribution in [0.4, 0.5) is 5.69 Å². The van der Waals surface area contributed by atoms with Crippen molar-refractivity contribution in [1.82, 2.24) is 5.32 Å². The molecule has 110 valence electrons. The monoisotopic (exact) mass is 302 g/mol. The highest BCUT2D eigenvalue weighted by molar-refractivity contribution is 6.30. The molecule has 0 heterocycles. The van der Waals surface area contributed by atoms with Crippen LogP contribution in [0.1, 0.15) is 25.5 Å². The van der Waals surface area contributed by atoms with Gasteiger partial charge in [-0.3, -0.25) is 10.1 Å². The van der Waals surface area contributed by atoms with Gasteiger partial charge in [0.1, 0.15) is 0 Å². The molecule has 2 aromatic rings. The zero-order valence-corrected chi connectivity index (χ0v) is 12.9. The van der Waals surface area contributed by atoms with Gasteiger partial charge in [0.25, 0.3) is 0 Å². The number of rotatable bonds is 5. The fraction of sp³-hybridized carbons (Fsp3) is 0.235. The van der Waals surface area contributed by atoms with E-state index in [1.165, 1.54) is 0 Å². The number of carbonyl (C=O) groups is 1. The molecule has 0 bridgehead atoms. The predicted octanol–water partition coefficient (Wildman–Crippen LogP) is 4.02. The van der Waals surface area contributed by atoms with Crippen LogP contribution in [-0.2, 0) is 4.79 Å². The molecule has 0 aliphatic carbocycles.